The molecule has 0 amide bonds. The fourth-order valence-corrected chi connectivity index (χ4v) is 0.948. The third-order valence-corrected chi connectivity index (χ3v) is 1.75. The number of hydrogen-bond acceptors (Lipinski definition) is 6. The summed E-state index contributed by atoms with van der Waals surface area (Å²) >= 11 is 0. The van der Waals surface area contributed by atoms with E-state index in [2.05, 4.69) is 5.32 Å². The quantitative estimate of drug-likeness (QED) is 0.250. The van der Waals surface area contributed by atoms with Crippen LogP contribution in [0, 0.1) is 0 Å². The molecule has 0 bridgehead atoms. The number of nitrogens with one attached hydrogen (secondary N) is 1. The molecule has 0 spiro atoms. The van der Waals surface area contributed by atoms with Gasteiger partial charge in [-0.2, -0.15) is 0 Å². The summed E-state index contributed by atoms with van der Waals surface area (Å²) in [7, 11) is 1.60. The highest BCUT2D eigenvalue weighted by atomic mass is 16.4. The molecule has 0 saturated heterocycles. The number of aliphatic hydroxyl groups excluding tert-OH is 3. The summed E-state index contributed by atoms with van der Waals surface area (Å²) in [5, 5.41) is 38.8. The number of hydrogen-bond donors (Lipinski definition) is 6. The molecule has 13 heavy (non-hydrogen) atoms. The minimum absolute atomic E-state index is 0.116. The topological polar surface area (TPSA) is 119 Å². The first-order chi connectivity index (χ1) is 5.94. The molecular formula is C7H18N2O4. The minimum Gasteiger partial charge on any atom is -0.394 e. The molecule has 0 radical (unpaired) electrons. The summed E-state index contributed by atoms with van der Waals surface area (Å²) in [6.45, 7) is -0.378. The van der Waals surface area contributed by atoms with Crippen LogP contribution >= 0.6 is 0 Å². The third kappa shape index (κ3) is 4.51. The van der Waals surface area contributed by atoms with Gasteiger partial charge in [0.1, 0.15) is 11.8 Å². The maximum absolute atomic E-state index is 9.43. The summed E-state index contributed by atoms with van der Waals surface area (Å²) in [5.41, 5.74) is 3.43. The largest absolute Gasteiger partial charge is 0.394 e. The summed E-state index contributed by atoms with van der Waals surface area (Å²) < 4.78 is 0. The van der Waals surface area contributed by atoms with Crippen LogP contribution < -0.4 is 11.1 Å². The second kappa shape index (κ2) is 5.48. The second-order valence-electron chi connectivity index (χ2n) is 3.11. The molecule has 6 heteroatoms. The van der Waals surface area contributed by atoms with E-state index in [9.17, 15) is 10.2 Å². The number of aliphatic hydroxyl groups is 4. The molecule has 0 aliphatic heterocycles. The normalized spacial score (nSPS) is 20.8. The van der Waals surface area contributed by atoms with Crippen molar-refractivity contribution in [2.75, 3.05) is 20.2 Å². The first kappa shape index (κ1) is 12.8. The van der Waals surface area contributed by atoms with Crippen molar-refractivity contribution in [1.82, 2.24) is 5.32 Å². The molecule has 0 aromatic heterocycles. The van der Waals surface area contributed by atoms with Crippen LogP contribution in [0.1, 0.15) is 6.42 Å². The smallest absolute Gasteiger partial charge is 0.143 e. The third-order valence-electron chi connectivity index (χ3n) is 1.75. The van der Waals surface area contributed by atoms with Gasteiger partial charge >= 0.3 is 0 Å². The zero-order chi connectivity index (χ0) is 10.5. The van der Waals surface area contributed by atoms with E-state index < -0.39 is 24.5 Å². The van der Waals surface area contributed by atoms with E-state index >= 15 is 0 Å². The van der Waals surface area contributed by atoms with Crippen LogP contribution in [-0.4, -0.2) is 58.6 Å². The molecule has 6 nitrogen and oxygen atoms in total. The van der Waals surface area contributed by atoms with Crippen LogP contribution in [0.4, 0.5) is 0 Å². The molecule has 80 valence electrons. The Hall–Kier alpha value is -0.240. The van der Waals surface area contributed by atoms with Crippen molar-refractivity contribution >= 4 is 0 Å². The van der Waals surface area contributed by atoms with Crippen molar-refractivity contribution in [3.05, 3.63) is 0 Å². The van der Waals surface area contributed by atoms with Gasteiger partial charge in [-0.05, 0) is 7.05 Å². The van der Waals surface area contributed by atoms with E-state index in [1.54, 1.807) is 7.05 Å². The summed E-state index contributed by atoms with van der Waals surface area (Å²) in [6.07, 6.45) is -2.58. The zero-order valence-corrected chi connectivity index (χ0v) is 7.64. The van der Waals surface area contributed by atoms with Gasteiger partial charge in [0.25, 0.3) is 0 Å². The van der Waals surface area contributed by atoms with Gasteiger partial charge in [-0.1, -0.05) is 0 Å². The maximum Gasteiger partial charge on any atom is 0.143 e. The van der Waals surface area contributed by atoms with Gasteiger partial charge in [-0.3, -0.25) is 0 Å². The highest BCUT2D eigenvalue weighted by Crippen LogP contribution is 2.10. The van der Waals surface area contributed by atoms with E-state index in [4.69, 9.17) is 15.9 Å². The Morgan fingerprint density at radius 2 is 2.00 bits per heavy atom. The van der Waals surface area contributed by atoms with Gasteiger partial charge in [-0.15, -0.1) is 0 Å². The lowest BCUT2D eigenvalue weighted by molar-refractivity contribution is -0.0992. The van der Waals surface area contributed by atoms with Crippen LogP contribution in [0.5, 0.6) is 0 Å². The molecule has 0 aromatic rings. The molecule has 3 unspecified atom stereocenters. The predicted octanol–water partition coefficient (Wildman–Crippen LogP) is -3.04. The molecule has 7 N–H and O–H groups in total. The van der Waals surface area contributed by atoms with Crippen LogP contribution in [-0.2, 0) is 0 Å². The first-order valence-electron chi connectivity index (χ1n) is 4.07. The SMILES string of the molecule is CNCC(O)C(N)(O)CC(O)CO. The molecular weight excluding hydrogens is 176 g/mol. The molecule has 0 saturated carbocycles. The van der Waals surface area contributed by atoms with E-state index in [1.165, 1.54) is 0 Å². The van der Waals surface area contributed by atoms with Gasteiger partial charge in [0.15, 0.2) is 0 Å². The Bertz CT molecular complexity index is 142. The average molecular weight is 194 g/mol. The Kier molecular flexibility index (Phi) is 5.38. The van der Waals surface area contributed by atoms with Gasteiger partial charge in [0.05, 0.1) is 12.7 Å². The molecule has 0 aliphatic rings. The lowest BCUT2D eigenvalue weighted by Crippen LogP contribution is -2.56. The molecule has 3 atom stereocenters. The molecule has 0 fully saturated rings. The maximum atomic E-state index is 9.43. The number of rotatable bonds is 6. The highest BCUT2D eigenvalue weighted by molar-refractivity contribution is 4.83. The zero-order valence-electron chi connectivity index (χ0n) is 7.64. The lowest BCUT2D eigenvalue weighted by Gasteiger charge is -2.30. The van der Waals surface area contributed by atoms with Gasteiger partial charge in [0, 0.05) is 13.0 Å². The van der Waals surface area contributed by atoms with Crippen LogP contribution in [0.3, 0.4) is 0 Å². The summed E-state index contributed by atoms with van der Waals surface area (Å²) in [4.78, 5) is 0. The van der Waals surface area contributed by atoms with Crippen molar-refractivity contribution < 1.29 is 20.4 Å². The van der Waals surface area contributed by atoms with Crippen LogP contribution in [0.2, 0.25) is 0 Å². The summed E-state index contributed by atoms with van der Waals surface area (Å²) in [6, 6.07) is 0. The Morgan fingerprint density at radius 1 is 1.46 bits per heavy atom. The first-order valence-corrected chi connectivity index (χ1v) is 4.07. The monoisotopic (exact) mass is 194 g/mol. The van der Waals surface area contributed by atoms with Crippen LogP contribution in [0.25, 0.3) is 0 Å². The second-order valence-corrected chi connectivity index (χ2v) is 3.11. The van der Waals surface area contributed by atoms with E-state index in [0.29, 0.717) is 0 Å². The fraction of sp³-hybridized carbons (Fsp3) is 1.00. The van der Waals surface area contributed by atoms with Crippen molar-refractivity contribution in [2.24, 2.45) is 5.73 Å². The summed E-state index contributed by atoms with van der Waals surface area (Å²) in [5.74, 6) is 0. The molecule has 0 rings (SSSR count). The Morgan fingerprint density at radius 3 is 2.38 bits per heavy atom. The van der Waals surface area contributed by atoms with Crippen molar-refractivity contribution in [2.45, 2.75) is 24.4 Å². The van der Waals surface area contributed by atoms with Gasteiger partial charge < -0.3 is 31.5 Å². The molecule has 0 aliphatic carbocycles. The minimum atomic E-state index is -1.88. The van der Waals surface area contributed by atoms with E-state index in [-0.39, 0.29) is 13.0 Å². The van der Waals surface area contributed by atoms with Gasteiger partial charge in [0.2, 0.25) is 0 Å². The number of likely N-dealkylation sites (N-methyl/N-ethyl adjacent to an activating group) is 1. The van der Waals surface area contributed by atoms with Crippen molar-refractivity contribution in [1.29, 1.82) is 0 Å². The number of nitrogens with two attached hydrogens (primary N) is 1. The fourth-order valence-electron chi connectivity index (χ4n) is 0.948. The van der Waals surface area contributed by atoms with Crippen LogP contribution in [0.15, 0.2) is 0 Å². The Balaban J connectivity index is 4.04. The van der Waals surface area contributed by atoms with Gasteiger partial charge in [-0.25, -0.2) is 0 Å². The van der Waals surface area contributed by atoms with E-state index in [0.717, 1.165) is 0 Å². The molecule has 0 aromatic carbocycles. The predicted molar refractivity (Wildman–Crippen MR) is 46.8 cm³/mol. The van der Waals surface area contributed by atoms with Crippen molar-refractivity contribution in [3.63, 3.8) is 0 Å². The average Bonchev–Trinajstić information content (AvgIpc) is 2.04. The lowest BCUT2D eigenvalue weighted by atomic mass is 10.0. The highest BCUT2D eigenvalue weighted by Gasteiger charge is 2.32. The standard InChI is InChI=1S/C7H18N2O4/c1-9-3-6(12)7(8,13)2-5(11)4-10/h5-6,9-13H,2-4,8H2,1H3. The van der Waals surface area contributed by atoms with Crippen molar-refractivity contribution in [3.8, 4) is 0 Å². The molecule has 0 heterocycles. The van der Waals surface area contributed by atoms with E-state index in [1.807, 2.05) is 0 Å². The Labute approximate surface area is 77.0 Å².